The van der Waals surface area contributed by atoms with Crippen LogP contribution in [0, 0.1) is 0 Å². The maximum atomic E-state index is 12.0. The topological polar surface area (TPSA) is 70.2 Å². The average Bonchev–Trinajstić information content (AvgIpc) is 2.53. The lowest BCUT2D eigenvalue weighted by Crippen LogP contribution is -2.29. The predicted octanol–water partition coefficient (Wildman–Crippen LogP) is 3.72. The first-order chi connectivity index (χ1) is 11.9. The van der Waals surface area contributed by atoms with Crippen LogP contribution in [0.1, 0.15) is 12.5 Å². The first-order valence-electron chi connectivity index (χ1n) is 7.76. The van der Waals surface area contributed by atoms with Gasteiger partial charge in [0.25, 0.3) is 0 Å². The Bertz CT molecular complexity index is 766. The summed E-state index contributed by atoms with van der Waals surface area (Å²) in [5, 5.41) is 9.73. The van der Waals surface area contributed by atoms with Crippen molar-refractivity contribution in [2.24, 2.45) is 0 Å². The van der Waals surface area contributed by atoms with Gasteiger partial charge in [0.15, 0.2) is 0 Å². The molecule has 0 aromatic heterocycles. The van der Waals surface area contributed by atoms with Crippen molar-refractivity contribution in [3.05, 3.63) is 58.1 Å². The van der Waals surface area contributed by atoms with E-state index in [2.05, 4.69) is 16.0 Å². The van der Waals surface area contributed by atoms with Gasteiger partial charge in [-0.05, 0) is 48.9 Å². The van der Waals surface area contributed by atoms with E-state index in [4.69, 9.17) is 23.2 Å². The average molecular weight is 380 g/mol. The number of benzene rings is 2. The van der Waals surface area contributed by atoms with Crippen molar-refractivity contribution in [2.75, 3.05) is 23.7 Å². The first kappa shape index (κ1) is 19.2. The van der Waals surface area contributed by atoms with Gasteiger partial charge in [0.1, 0.15) is 0 Å². The smallest absolute Gasteiger partial charge is 0.238 e. The third-order valence-corrected chi connectivity index (χ3v) is 3.93. The number of rotatable bonds is 7. The molecule has 7 heteroatoms. The Morgan fingerprint density at radius 1 is 1.00 bits per heavy atom. The Balaban J connectivity index is 1.76. The van der Waals surface area contributed by atoms with Gasteiger partial charge in [0, 0.05) is 28.3 Å². The highest BCUT2D eigenvalue weighted by Crippen LogP contribution is 2.21. The molecule has 132 valence electrons. The molecule has 5 nitrogen and oxygen atoms in total. The van der Waals surface area contributed by atoms with E-state index in [1.165, 1.54) is 6.92 Å². The van der Waals surface area contributed by atoms with E-state index >= 15 is 0 Å². The predicted molar refractivity (Wildman–Crippen MR) is 102 cm³/mol. The fourth-order valence-electron chi connectivity index (χ4n) is 2.23. The molecule has 2 rings (SSSR count). The van der Waals surface area contributed by atoms with Gasteiger partial charge in [0.05, 0.1) is 6.54 Å². The molecule has 0 radical (unpaired) electrons. The number of anilines is 2. The van der Waals surface area contributed by atoms with E-state index in [1.54, 1.807) is 36.4 Å². The molecular weight excluding hydrogens is 361 g/mol. The molecule has 0 atom stereocenters. The summed E-state index contributed by atoms with van der Waals surface area (Å²) in [5.41, 5.74) is 2.23. The van der Waals surface area contributed by atoms with Crippen LogP contribution in [0.15, 0.2) is 42.5 Å². The van der Waals surface area contributed by atoms with E-state index in [0.717, 1.165) is 5.56 Å². The Morgan fingerprint density at radius 2 is 1.72 bits per heavy atom. The van der Waals surface area contributed by atoms with Crippen LogP contribution in [-0.2, 0) is 16.0 Å². The second kappa shape index (κ2) is 9.42. The molecule has 2 amide bonds. The molecule has 25 heavy (non-hydrogen) atoms. The van der Waals surface area contributed by atoms with Gasteiger partial charge in [-0.2, -0.15) is 0 Å². The van der Waals surface area contributed by atoms with Crippen molar-refractivity contribution < 1.29 is 9.59 Å². The zero-order valence-electron chi connectivity index (χ0n) is 13.7. The lowest BCUT2D eigenvalue weighted by molar-refractivity contribution is -0.115. The molecule has 0 saturated carbocycles. The number of carbonyl (C=O) groups excluding carboxylic acids is 2. The summed E-state index contributed by atoms with van der Waals surface area (Å²) in [4.78, 5) is 23.0. The molecule has 2 aromatic rings. The van der Waals surface area contributed by atoms with E-state index < -0.39 is 0 Å². The number of hydrogen-bond acceptors (Lipinski definition) is 3. The van der Waals surface area contributed by atoms with E-state index in [1.807, 2.05) is 6.07 Å². The van der Waals surface area contributed by atoms with Crippen molar-refractivity contribution in [3.63, 3.8) is 0 Å². The molecule has 0 fully saturated rings. The Kier molecular flexibility index (Phi) is 7.25. The van der Waals surface area contributed by atoms with Crippen LogP contribution in [0.5, 0.6) is 0 Å². The molecule has 3 N–H and O–H groups in total. The second-order valence-electron chi connectivity index (χ2n) is 5.47. The van der Waals surface area contributed by atoms with Crippen LogP contribution < -0.4 is 16.0 Å². The fourth-order valence-corrected chi connectivity index (χ4v) is 2.74. The number of nitrogens with one attached hydrogen (secondary N) is 3. The van der Waals surface area contributed by atoms with Crippen molar-refractivity contribution >= 4 is 46.4 Å². The van der Waals surface area contributed by atoms with Gasteiger partial charge in [0.2, 0.25) is 11.8 Å². The second-order valence-corrected chi connectivity index (χ2v) is 6.32. The highest BCUT2D eigenvalue weighted by molar-refractivity contribution is 6.35. The summed E-state index contributed by atoms with van der Waals surface area (Å²) in [6.45, 7) is 2.22. The highest BCUT2D eigenvalue weighted by Gasteiger charge is 2.05. The fraction of sp³-hybridized carbons (Fsp3) is 0.222. The number of halogens is 2. The molecule has 0 aliphatic carbocycles. The third-order valence-electron chi connectivity index (χ3n) is 3.34. The molecule has 0 heterocycles. The summed E-state index contributed by atoms with van der Waals surface area (Å²) >= 11 is 12.0. The molecule has 0 bridgehead atoms. The number of hydrogen-bond donors (Lipinski definition) is 3. The van der Waals surface area contributed by atoms with E-state index in [0.29, 0.717) is 34.4 Å². The van der Waals surface area contributed by atoms with Crippen molar-refractivity contribution in [2.45, 2.75) is 13.3 Å². The zero-order chi connectivity index (χ0) is 18.2. The molecule has 0 spiro atoms. The van der Waals surface area contributed by atoms with E-state index in [-0.39, 0.29) is 18.4 Å². The van der Waals surface area contributed by atoms with Crippen LogP contribution in [0.2, 0.25) is 10.0 Å². The molecule has 0 unspecified atom stereocenters. The molecule has 0 aliphatic rings. The van der Waals surface area contributed by atoms with Crippen LogP contribution in [0.3, 0.4) is 0 Å². The molecule has 2 aromatic carbocycles. The highest BCUT2D eigenvalue weighted by atomic mass is 35.5. The van der Waals surface area contributed by atoms with Crippen LogP contribution >= 0.6 is 23.2 Å². The number of carbonyl (C=O) groups is 2. The summed E-state index contributed by atoms with van der Waals surface area (Å²) in [6.07, 6.45) is 0.696. The first-order valence-corrected chi connectivity index (χ1v) is 8.52. The van der Waals surface area contributed by atoms with Crippen molar-refractivity contribution in [1.82, 2.24) is 5.32 Å². The Labute approximate surface area is 156 Å². The summed E-state index contributed by atoms with van der Waals surface area (Å²) in [7, 11) is 0. The van der Waals surface area contributed by atoms with Crippen LogP contribution in [0.4, 0.5) is 11.4 Å². The lowest BCUT2D eigenvalue weighted by Gasteiger charge is -2.09. The zero-order valence-corrected chi connectivity index (χ0v) is 15.2. The van der Waals surface area contributed by atoms with Gasteiger partial charge in [-0.1, -0.05) is 35.3 Å². The van der Waals surface area contributed by atoms with Gasteiger partial charge < -0.3 is 16.0 Å². The lowest BCUT2D eigenvalue weighted by atomic mass is 10.1. The summed E-state index contributed by atoms with van der Waals surface area (Å²) in [5.74, 6) is -0.326. The number of amides is 2. The molecular formula is C18H19Cl2N3O2. The summed E-state index contributed by atoms with van der Waals surface area (Å²) < 4.78 is 0. The largest absolute Gasteiger partial charge is 0.326 e. The third kappa shape index (κ3) is 6.74. The standard InChI is InChI=1S/C18H19Cl2N3O2/c1-12(24)22-15-3-2-4-16(10-15)23-18(25)11-21-8-7-13-5-6-14(19)9-17(13)20/h2-6,9-10,21H,7-8,11H2,1H3,(H,22,24)(H,23,25). The monoisotopic (exact) mass is 379 g/mol. The quantitative estimate of drug-likeness (QED) is 0.642. The maximum Gasteiger partial charge on any atom is 0.238 e. The van der Waals surface area contributed by atoms with Gasteiger partial charge in [-0.3, -0.25) is 9.59 Å². The Morgan fingerprint density at radius 3 is 2.40 bits per heavy atom. The minimum absolute atomic E-state index is 0.161. The molecule has 0 aliphatic heterocycles. The van der Waals surface area contributed by atoms with Crippen LogP contribution in [-0.4, -0.2) is 24.9 Å². The van der Waals surface area contributed by atoms with Crippen LogP contribution in [0.25, 0.3) is 0 Å². The molecule has 0 saturated heterocycles. The SMILES string of the molecule is CC(=O)Nc1cccc(NC(=O)CNCCc2ccc(Cl)cc2Cl)c1. The van der Waals surface area contributed by atoms with Crippen molar-refractivity contribution in [3.8, 4) is 0 Å². The minimum atomic E-state index is -0.165. The Hall–Kier alpha value is -2.08. The van der Waals surface area contributed by atoms with E-state index in [9.17, 15) is 9.59 Å². The van der Waals surface area contributed by atoms with Gasteiger partial charge in [-0.15, -0.1) is 0 Å². The normalized spacial score (nSPS) is 10.4. The van der Waals surface area contributed by atoms with Gasteiger partial charge in [-0.25, -0.2) is 0 Å². The maximum absolute atomic E-state index is 12.0. The van der Waals surface area contributed by atoms with Gasteiger partial charge >= 0.3 is 0 Å². The van der Waals surface area contributed by atoms with Crippen molar-refractivity contribution in [1.29, 1.82) is 0 Å². The minimum Gasteiger partial charge on any atom is -0.326 e. The summed E-state index contributed by atoms with van der Waals surface area (Å²) in [6, 6.07) is 12.3.